The first-order chi connectivity index (χ1) is 8.85. The summed E-state index contributed by atoms with van der Waals surface area (Å²) in [5.74, 6) is 0.590. The van der Waals surface area contributed by atoms with E-state index in [2.05, 4.69) is 68.1 Å². The molecule has 0 spiro atoms. The molecule has 0 heterocycles. The van der Waals surface area contributed by atoms with Gasteiger partial charge < -0.3 is 0 Å². The fraction of sp³-hybridized carbons (Fsp3) is 0.222. The highest BCUT2D eigenvalue weighted by Crippen LogP contribution is 2.25. The molecule has 0 aliphatic carbocycles. The second-order valence-electron chi connectivity index (χ2n) is 4.62. The molecule has 0 heteroatoms. The lowest BCUT2D eigenvalue weighted by Crippen LogP contribution is -2.03. The molecule has 0 aliphatic heterocycles. The van der Waals surface area contributed by atoms with Gasteiger partial charge in [-0.25, -0.2) is 0 Å². The maximum absolute atomic E-state index is 3.90. The van der Waals surface area contributed by atoms with E-state index in [1.54, 1.807) is 0 Å². The number of hydrogen-bond acceptors (Lipinski definition) is 0. The van der Waals surface area contributed by atoms with Gasteiger partial charge in [0.15, 0.2) is 0 Å². The van der Waals surface area contributed by atoms with Crippen molar-refractivity contribution in [1.82, 2.24) is 0 Å². The molecule has 18 heavy (non-hydrogen) atoms. The molecular weight excluding hydrogens is 216 g/mol. The lowest BCUT2D eigenvalue weighted by atomic mass is 9.88. The Balaban J connectivity index is 2.23. The van der Waals surface area contributed by atoms with Crippen LogP contribution in [-0.2, 0) is 6.42 Å². The van der Waals surface area contributed by atoms with E-state index in [0.29, 0.717) is 5.92 Å². The first kappa shape index (κ1) is 12.6. The van der Waals surface area contributed by atoms with Crippen LogP contribution >= 0.6 is 0 Å². The fourth-order valence-electron chi connectivity index (χ4n) is 2.41. The molecule has 0 bridgehead atoms. The largest absolute Gasteiger partial charge is 0.0985 e. The van der Waals surface area contributed by atoms with Crippen molar-refractivity contribution in [3.05, 3.63) is 77.9 Å². The molecular formula is C18H20. The summed E-state index contributed by atoms with van der Waals surface area (Å²) in [6.45, 7) is 6.16. The predicted molar refractivity (Wildman–Crippen MR) is 79.7 cm³/mol. The van der Waals surface area contributed by atoms with E-state index in [4.69, 9.17) is 0 Å². The van der Waals surface area contributed by atoms with Crippen molar-refractivity contribution in [2.24, 2.45) is 0 Å². The Morgan fingerprint density at radius 2 is 1.67 bits per heavy atom. The van der Waals surface area contributed by atoms with Gasteiger partial charge in [0, 0.05) is 0 Å². The normalized spacial score (nSPS) is 12.1. The summed E-state index contributed by atoms with van der Waals surface area (Å²) in [6.07, 6.45) is 4.20. The average molecular weight is 236 g/mol. The maximum atomic E-state index is 3.90. The van der Waals surface area contributed by atoms with Crippen LogP contribution in [0.2, 0.25) is 0 Å². The van der Waals surface area contributed by atoms with Crippen molar-refractivity contribution in [3.63, 3.8) is 0 Å². The Morgan fingerprint density at radius 3 is 2.33 bits per heavy atom. The van der Waals surface area contributed by atoms with Crippen LogP contribution in [0.3, 0.4) is 0 Å². The van der Waals surface area contributed by atoms with Crippen molar-refractivity contribution < 1.29 is 0 Å². The molecule has 2 aromatic carbocycles. The first-order valence-electron chi connectivity index (χ1n) is 6.60. The van der Waals surface area contributed by atoms with Gasteiger partial charge in [-0.1, -0.05) is 74.2 Å². The molecule has 0 fully saturated rings. The second kappa shape index (κ2) is 6.20. The summed E-state index contributed by atoms with van der Waals surface area (Å²) in [4.78, 5) is 0. The van der Waals surface area contributed by atoms with Crippen LogP contribution in [0.5, 0.6) is 0 Å². The minimum Gasteiger partial charge on any atom is -0.0985 e. The van der Waals surface area contributed by atoms with Gasteiger partial charge >= 0.3 is 0 Å². The highest BCUT2D eigenvalue weighted by molar-refractivity contribution is 5.52. The molecule has 0 radical (unpaired) electrons. The Kier molecular flexibility index (Phi) is 4.35. The van der Waals surface area contributed by atoms with E-state index in [1.165, 1.54) is 16.7 Å². The molecule has 2 rings (SSSR count). The Labute approximate surface area is 110 Å². The molecule has 0 nitrogen and oxygen atoms in total. The molecule has 0 aromatic heterocycles. The quantitative estimate of drug-likeness (QED) is 0.680. The Morgan fingerprint density at radius 1 is 1.00 bits per heavy atom. The van der Waals surface area contributed by atoms with Crippen molar-refractivity contribution in [2.75, 3.05) is 0 Å². The summed E-state index contributed by atoms with van der Waals surface area (Å²) in [7, 11) is 0. The number of benzene rings is 2. The third-order valence-corrected chi connectivity index (χ3v) is 3.51. The Hall–Kier alpha value is -1.82. The van der Waals surface area contributed by atoms with Gasteiger partial charge in [-0.3, -0.25) is 0 Å². The molecule has 0 saturated carbocycles. The van der Waals surface area contributed by atoms with Gasteiger partial charge in [-0.05, 0) is 35.4 Å². The van der Waals surface area contributed by atoms with E-state index >= 15 is 0 Å². The molecule has 1 atom stereocenters. The van der Waals surface area contributed by atoms with Crippen LogP contribution in [0, 0.1) is 0 Å². The summed E-state index contributed by atoms with van der Waals surface area (Å²) in [5, 5.41) is 0. The minimum atomic E-state index is 0.590. The zero-order valence-corrected chi connectivity index (χ0v) is 11.0. The monoisotopic (exact) mass is 236 g/mol. The van der Waals surface area contributed by atoms with Crippen LogP contribution in [0.25, 0.3) is 6.08 Å². The molecule has 1 unspecified atom stereocenters. The van der Waals surface area contributed by atoms with Gasteiger partial charge in [-0.2, -0.15) is 0 Å². The third kappa shape index (κ3) is 2.89. The summed E-state index contributed by atoms with van der Waals surface area (Å²) in [5.41, 5.74) is 4.08. The minimum absolute atomic E-state index is 0.590. The van der Waals surface area contributed by atoms with Crippen LogP contribution in [0.1, 0.15) is 36.0 Å². The van der Waals surface area contributed by atoms with Gasteiger partial charge in [-0.15, -0.1) is 0 Å². The van der Waals surface area contributed by atoms with E-state index in [-0.39, 0.29) is 0 Å². The van der Waals surface area contributed by atoms with Crippen LogP contribution in [-0.4, -0.2) is 0 Å². The molecule has 0 saturated heterocycles. The van der Waals surface area contributed by atoms with Gasteiger partial charge in [0.25, 0.3) is 0 Å². The van der Waals surface area contributed by atoms with Crippen molar-refractivity contribution >= 4 is 6.08 Å². The lowest BCUT2D eigenvalue weighted by molar-refractivity contribution is 0.660. The fourth-order valence-corrected chi connectivity index (χ4v) is 2.41. The zero-order chi connectivity index (χ0) is 12.8. The summed E-state index contributed by atoms with van der Waals surface area (Å²) >= 11 is 0. The third-order valence-electron chi connectivity index (χ3n) is 3.51. The SMILES string of the molecule is C=Cc1ccccc1CC(CC)c1ccccc1. The smallest absolute Gasteiger partial charge is 0.0124 e. The van der Waals surface area contributed by atoms with Crippen molar-refractivity contribution in [2.45, 2.75) is 25.7 Å². The second-order valence-corrected chi connectivity index (χ2v) is 4.62. The molecule has 2 aromatic rings. The van der Waals surface area contributed by atoms with Gasteiger partial charge in [0.2, 0.25) is 0 Å². The van der Waals surface area contributed by atoms with E-state index < -0.39 is 0 Å². The maximum Gasteiger partial charge on any atom is -0.0124 e. The topological polar surface area (TPSA) is 0 Å². The Bertz CT molecular complexity index is 496. The van der Waals surface area contributed by atoms with Crippen molar-refractivity contribution in [1.29, 1.82) is 0 Å². The van der Waals surface area contributed by atoms with Gasteiger partial charge in [0.05, 0.1) is 0 Å². The van der Waals surface area contributed by atoms with E-state index in [0.717, 1.165) is 12.8 Å². The summed E-state index contributed by atoms with van der Waals surface area (Å²) in [6, 6.07) is 19.3. The van der Waals surface area contributed by atoms with E-state index in [9.17, 15) is 0 Å². The molecule has 0 amide bonds. The molecule has 0 aliphatic rings. The lowest BCUT2D eigenvalue weighted by Gasteiger charge is -2.16. The number of rotatable bonds is 5. The highest BCUT2D eigenvalue weighted by atomic mass is 14.2. The first-order valence-corrected chi connectivity index (χ1v) is 6.60. The predicted octanol–water partition coefficient (Wildman–Crippen LogP) is 5.07. The summed E-state index contributed by atoms with van der Waals surface area (Å²) < 4.78 is 0. The zero-order valence-electron chi connectivity index (χ0n) is 11.0. The van der Waals surface area contributed by atoms with Crippen LogP contribution in [0.15, 0.2) is 61.2 Å². The number of hydrogen-bond donors (Lipinski definition) is 0. The molecule has 0 N–H and O–H groups in total. The van der Waals surface area contributed by atoms with Crippen LogP contribution in [0.4, 0.5) is 0 Å². The van der Waals surface area contributed by atoms with Gasteiger partial charge in [0.1, 0.15) is 0 Å². The van der Waals surface area contributed by atoms with Crippen LogP contribution < -0.4 is 0 Å². The highest BCUT2D eigenvalue weighted by Gasteiger charge is 2.11. The van der Waals surface area contributed by atoms with Crippen molar-refractivity contribution in [3.8, 4) is 0 Å². The standard InChI is InChI=1S/C18H20/c1-3-15-10-8-9-13-18(15)14-16(4-2)17-11-6-5-7-12-17/h3,5-13,16H,1,4,14H2,2H3. The molecule has 92 valence electrons. The average Bonchev–Trinajstić information content (AvgIpc) is 2.46. The van der Waals surface area contributed by atoms with E-state index in [1.807, 2.05) is 6.08 Å².